The molecule has 0 spiro atoms. The average Bonchev–Trinajstić information content (AvgIpc) is 3.63. The third-order valence-corrected chi connectivity index (χ3v) is 6.40. The van der Waals surface area contributed by atoms with Crippen LogP contribution < -0.4 is 10.4 Å². The largest absolute Gasteiger partial charge is 0.495 e. The Labute approximate surface area is 200 Å². The number of rotatable bonds is 6. The number of hydrogen-bond acceptors (Lipinski definition) is 8. The molecule has 0 aromatic carbocycles. The van der Waals surface area contributed by atoms with Crippen LogP contribution in [0.3, 0.4) is 0 Å². The van der Waals surface area contributed by atoms with Crippen LogP contribution in [0, 0.1) is 0 Å². The molecule has 1 atom stereocenters. The highest BCUT2D eigenvalue weighted by molar-refractivity contribution is 6.06. The fraction of sp³-hybridized carbons (Fsp3) is 0.320. The molecule has 1 saturated heterocycles. The maximum absolute atomic E-state index is 13.4. The Balaban J connectivity index is 1.58. The van der Waals surface area contributed by atoms with Crippen LogP contribution in [0.1, 0.15) is 19.3 Å². The number of methoxy groups -OCH3 is 1. The molecule has 6 heterocycles. The molecule has 0 bridgehead atoms. The zero-order valence-electron chi connectivity index (χ0n) is 19.5. The first-order valence-corrected chi connectivity index (χ1v) is 11.5. The van der Waals surface area contributed by atoms with Crippen molar-refractivity contribution in [2.75, 3.05) is 13.7 Å². The van der Waals surface area contributed by atoms with E-state index in [4.69, 9.17) is 13.9 Å². The molecule has 0 saturated carbocycles. The minimum atomic E-state index is -0.359. The van der Waals surface area contributed by atoms with Gasteiger partial charge < -0.3 is 13.9 Å². The van der Waals surface area contributed by atoms with Gasteiger partial charge in [0.1, 0.15) is 17.0 Å². The lowest BCUT2D eigenvalue weighted by Crippen LogP contribution is -2.25. The van der Waals surface area contributed by atoms with Gasteiger partial charge in [0.2, 0.25) is 5.71 Å². The second-order valence-corrected chi connectivity index (χ2v) is 8.69. The predicted molar refractivity (Wildman–Crippen MR) is 129 cm³/mol. The summed E-state index contributed by atoms with van der Waals surface area (Å²) in [6.45, 7) is 1.23. The first-order valence-electron chi connectivity index (χ1n) is 11.5. The van der Waals surface area contributed by atoms with Gasteiger partial charge in [-0.05, 0) is 31.4 Å². The molecular formula is C25H24N6O4. The summed E-state index contributed by atoms with van der Waals surface area (Å²) in [5.74, 6) is 0.563. The minimum Gasteiger partial charge on any atom is -0.495 e. The number of pyridine rings is 2. The van der Waals surface area contributed by atoms with Gasteiger partial charge in [-0.25, -0.2) is 9.78 Å². The topological polar surface area (TPSA) is 110 Å². The van der Waals surface area contributed by atoms with Crippen molar-refractivity contribution >= 4 is 22.2 Å². The first-order chi connectivity index (χ1) is 17.1. The SMILES string of the molecule is COc1cncc(-c2nc(=O)n(CCC3CCCO3)c3c2oc2ncc(-c4cnn(C)c4)cc23)c1. The third-order valence-electron chi connectivity index (χ3n) is 6.40. The van der Waals surface area contributed by atoms with E-state index in [2.05, 4.69) is 20.1 Å². The lowest BCUT2D eigenvalue weighted by molar-refractivity contribution is 0.100. The maximum atomic E-state index is 13.4. The van der Waals surface area contributed by atoms with E-state index < -0.39 is 0 Å². The van der Waals surface area contributed by atoms with Gasteiger partial charge in [0.25, 0.3) is 0 Å². The van der Waals surface area contributed by atoms with Gasteiger partial charge >= 0.3 is 5.69 Å². The number of aromatic nitrogens is 6. The molecule has 0 amide bonds. The van der Waals surface area contributed by atoms with E-state index in [9.17, 15) is 4.79 Å². The summed E-state index contributed by atoms with van der Waals surface area (Å²) in [7, 11) is 3.43. The average molecular weight is 473 g/mol. The second kappa shape index (κ2) is 8.62. The molecular weight excluding hydrogens is 448 g/mol. The number of ether oxygens (including phenoxy) is 2. The normalized spacial score (nSPS) is 15.9. The molecule has 35 heavy (non-hydrogen) atoms. The van der Waals surface area contributed by atoms with Crippen molar-refractivity contribution in [3.63, 3.8) is 0 Å². The summed E-state index contributed by atoms with van der Waals surface area (Å²) in [5.41, 5.74) is 4.07. The van der Waals surface area contributed by atoms with Crippen molar-refractivity contribution in [1.29, 1.82) is 0 Å². The number of furan rings is 1. The highest BCUT2D eigenvalue weighted by atomic mass is 16.5. The van der Waals surface area contributed by atoms with Gasteiger partial charge in [0.15, 0.2) is 5.58 Å². The zero-order valence-corrected chi connectivity index (χ0v) is 19.5. The fourth-order valence-electron chi connectivity index (χ4n) is 4.64. The van der Waals surface area contributed by atoms with Crippen molar-refractivity contribution < 1.29 is 13.9 Å². The van der Waals surface area contributed by atoms with E-state index in [1.54, 1.807) is 47.2 Å². The molecule has 5 aromatic heterocycles. The second-order valence-electron chi connectivity index (χ2n) is 8.69. The lowest BCUT2D eigenvalue weighted by Gasteiger charge is -2.13. The van der Waals surface area contributed by atoms with Gasteiger partial charge in [0, 0.05) is 55.5 Å². The predicted octanol–water partition coefficient (Wildman–Crippen LogP) is 3.58. The Morgan fingerprint density at radius 1 is 1.14 bits per heavy atom. The summed E-state index contributed by atoms with van der Waals surface area (Å²) >= 11 is 0. The van der Waals surface area contributed by atoms with Gasteiger partial charge in [0.05, 0.1) is 31.0 Å². The van der Waals surface area contributed by atoms with Gasteiger partial charge in [-0.1, -0.05) is 0 Å². The summed E-state index contributed by atoms with van der Waals surface area (Å²) in [4.78, 5) is 26.6. The van der Waals surface area contributed by atoms with E-state index in [0.717, 1.165) is 42.4 Å². The summed E-state index contributed by atoms with van der Waals surface area (Å²) < 4.78 is 20.8. The third kappa shape index (κ3) is 3.85. The highest BCUT2D eigenvalue weighted by Crippen LogP contribution is 2.35. The first kappa shape index (κ1) is 21.5. The molecule has 0 aliphatic carbocycles. The van der Waals surface area contributed by atoms with Crippen LogP contribution in [0.5, 0.6) is 5.75 Å². The van der Waals surface area contributed by atoms with Crippen molar-refractivity contribution in [3.05, 3.63) is 53.6 Å². The van der Waals surface area contributed by atoms with E-state index in [0.29, 0.717) is 40.4 Å². The Morgan fingerprint density at radius 3 is 2.83 bits per heavy atom. The molecule has 1 unspecified atom stereocenters. The van der Waals surface area contributed by atoms with Gasteiger partial charge in [-0.2, -0.15) is 10.1 Å². The molecule has 1 aliphatic heterocycles. The highest BCUT2D eigenvalue weighted by Gasteiger charge is 2.23. The van der Waals surface area contributed by atoms with Crippen LogP contribution in [0.2, 0.25) is 0 Å². The van der Waals surface area contributed by atoms with E-state index in [1.807, 2.05) is 19.3 Å². The number of hydrogen-bond donors (Lipinski definition) is 0. The van der Waals surface area contributed by atoms with E-state index in [-0.39, 0.29) is 11.8 Å². The van der Waals surface area contributed by atoms with Crippen LogP contribution in [0.15, 0.2) is 52.3 Å². The van der Waals surface area contributed by atoms with Crippen LogP contribution in [0.25, 0.3) is 44.6 Å². The van der Waals surface area contributed by atoms with Gasteiger partial charge in [-0.3, -0.25) is 14.2 Å². The van der Waals surface area contributed by atoms with Crippen LogP contribution in [-0.4, -0.2) is 49.1 Å². The summed E-state index contributed by atoms with van der Waals surface area (Å²) in [6, 6.07) is 3.77. The molecule has 5 aromatic rings. The van der Waals surface area contributed by atoms with Crippen LogP contribution in [0.4, 0.5) is 0 Å². The van der Waals surface area contributed by atoms with Gasteiger partial charge in [-0.15, -0.1) is 0 Å². The van der Waals surface area contributed by atoms with Crippen LogP contribution in [-0.2, 0) is 18.3 Å². The lowest BCUT2D eigenvalue weighted by atomic mass is 10.1. The summed E-state index contributed by atoms with van der Waals surface area (Å²) in [6.07, 6.45) is 11.6. The molecule has 6 rings (SSSR count). The number of aryl methyl sites for hydroxylation is 2. The standard InChI is InChI=1S/C25H24N6O4/c1-30-14-17(12-28-30)15-9-20-22-23(35-24(20)27-11-15)21(16-8-19(33-2)13-26-10-16)29-25(32)31(22)6-5-18-4-3-7-34-18/h8-14,18H,3-7H2,1-2H3. The van der Waals surface area contributed by atoms with E-state index >= 15 is 0 Å². The quantitative estimate of drug-likeness (QED) is 0.369. The number of fused-ring (bicyclic) bond motifs is 3. The molecule has 0 N–H and O–H groups in total. The Bertz CT molecular complexity index is 1600. The van der Waals surface area contributed by atoms with Crippen molar-refractivity contribution in [2.24, 2.45) is 7.05 Å². The molecule has 178 valence electrons. The minimum absolute atomic E-state index is 0.140. The number of nitrogens with zero attached hydrogens (tertiary/aromatic N) is 6. The smallest absolute Gasteiger partial charge is 0.348 e. The van der Waals surface area contributed by atoms with Crippen molar-refractivity contribution in [1.82, 2.24) is 29.3 Å². The molecule has 10 heteroatoms. The van der Waals surface area contributed by atoms with Crippen LogP contribution >= 0.6 is 0 Å². The molecule has 10 nitrogen and oxygen atoms in total. The zero-order chi connectivity index (χ0) is 23.9. The maximum Gasteiger partial charge on any atom is 0.348 e. The van der Waals surface area contributed by atoms with Crippen molar-refractivity contribution in [3.8, 4) is 28.1 Å². The Hall–Kier alpha value is -4.05. The fourth-order valence-corrected chi connectivity index (χ4v) is 4.64. The molecule has 1 fully saturated rings. The summed E-state index contributed by atoms with van der Waals surface area (Å²) in [5, 5.41) is 5.01. The molecule has 1 aliphatic rings. The van der Waals surface area contributed by atoms with Crippen molar-refractivity contribution in [2.45, 2.75) is 31.9 Å². The monoisotopic (exact) mass is 472 g/mol. The molecule has 0 radical (unpaired) electrons. The van der Waals surface area contributed by atoms with E-state index in [1.165, 1.54) is 0 Å². The Kier molecular flexibility index (Phi) is 5.29. The Morgan fingerprint density at radius 2 is 2.06 bits per heavy atom.